The van der Waals surface area contributed by atoms with Gasteiger partial charge >= 0.3 is 5.89 Å². The van der Waals surface area contributed by atoms with Crippen molar-refractivity contribution in [2.24, 2.45) is 0 Å². The van der Waals surface area contributed by atoms with Gasteiger partial charge in [0.2, 0.25) is 5.82 Å². The van der Waals surface area contributed by atoms with E-state index in [1.165, 1.54) is 0 Å². The molecular formula is C10H7ClN2O2S. The molecule has 0 spiro atoms. The summed E-state index contributed by atoms with van der Waals surface area (Å²) in [5.41, 5.74) is 0.758. The van der Waals surface area contributed by atoms with Crippen LogP contribution in [0.3, 0.4) is 0 Å². The minimum absolute atomic E-state index is 0.0115. The number of halogens is 1. The van der Waals surface area contributed by atoms with Crippen LogP contribution in [0.2, 0.25) is 5.02 Å². The van der Waals surface area contributed by atoms with Gasteiger partial charge in [0.05, 0.1) is 0 Å². The third kappa shape index (κ3) is 2.25. The zero-order chi connectivity index (χ0) is 11.5. The fourth-order valence-electron chi connectivity index (χ4n) is 1.11. The Kier molecular flexibility index (Phi) is 3.26. The van der Waals surface area contributed by atoms with E-state index in [0.717, 1.165) is 17.3 Å². The molecule has 0 fully saturated rings. The largest absolute Gasteiger partial charge is 0.329 e. The van der Waals surface area contributed by atoms with Crippen LogP contribution in [0.5, 0.6) is 0 Å². The molecule has 1 aromatic heterocycles. The smallest absolute Gasteiger partial charge is 0.305 e. The van der Waals surface area contributed by atoms with Gasteiger partial charge in [-0.3, -0.25) is 4.79 Å². The molecule has 4 nitrogen and oxygen atoms in total. The molecule has 0 aliphatic carbocycles. The van der Waals surface area contributed by atoms with Crippen LogP contribution >= 0.6 is 23.4 Å². The highest BCUT2D eigenvalue weighted by atomic mass is 35.5. The zero-order valence-electron chi connectivity index (χ0n) is 8.31. The predicted octanol–water partition coefficient (Wildman–Crippen LogP) is 2.89. The van der Waals surface area contributed by atoms with Gasteiger partial charge in [-0.1, -0.05) is 28.5 Å². The fraction of sp³-hybridized carbons (Fsp3) is 0.100. The summed E-state index contributed by atoms with van der Waals surface area (Å²) in [4.78, 5) is 15.2. The van der Waals surface area contributed by atoms with Gasteiger partial charge in [0.15, 0.2) is 0 Å². The van der Waals surface area contributed by atoms with Crippen molar-refractivity contribution in [3.8, 4) is 11.4 Å². The molecule has 0 amide bonds. The topological polar surface area (TPSA) is 56.0 Å². The molecule has 2 aromatic rings. The van der Waals surface area contributed by atoms with Gasteiger partial charge in [-0.15, -0.1) is 0 Å². The lowest BCUT2D eigenvalue weighted by Crippen LogP contribution is -1.91. The Morgan fingerprint density at radius 2 is 2.06 bits per heavy atom. The number of hydrogen-bond acceptors (Lipinski definition) is 5. The average molecular weight is 255 g/mol. The molecule has 0 atom stereocenters. The van der Waals surface area contributed by atoms with E-state index < -0.39 is 0 Å². The predicted molar refractivity (Wildman–Crippen MR) is 62.6 cm³/mol. The lowest BCUT2D eigenvalue weighted by atomic mass is 10.2. The van der Waals surface area contributed by atoms with Crippen molar-refractivity contribution in [1.29, 1.82) is 0 Å². The van der Waals surface area contributed by atoms with Crippen LogP contribution in [-0.2, 0) is 0 Å². The van der Waals surface area contributed by atoms with Crippen LogP contribution < -0.4 is 0 Å². The van der Waals surface area contributed by atoms with E-state index in [1.807, 2.05) is 0 Å². The summed E-state index contributed by atoms with van der Waals surface area (Å²) in [6.45, 7) is 0. The number of aromatic nitrogens is 2. The Balaban J connectivity index is 2.31. The molecule has 0 N–H and O–H groups in total. The van der Waals surface area contributed by atoms with Crippen molar-refractivity contribution in [3.63, 3.8) is 0 Å². The summed E-state index contributed by atoms with van der Waals surface area (Å²) in [6, 6.07) is 6.98. The maximum absolute atomic E-state index is 11.3. The van der Waals surface area contributed by atoms with Crippen LogP contribution in [0.1, 0.15) is 10.7 Å². The monoisotopic (exact) mass is 254 g/mol. The molecule has 0 bridgehead atoms. The van der Waals surface area contributed by atoms with E-state index in [2.05, 4.69) is 10.1 Å². The molecule has 0 radical (unpaired) electrons. The van der Waals surface area contributed by atoms with Gasteiger partial charge < -0.3 is 4.52 Å². The van der Waals surface area contributed by atoms with E-state index >= 15 is 0 Å². The SMILES string of the molecule is CSC(=O)c1nc(-c2ccc(Cl)cc2)no1. The number of nitrogens with zero attached hydrogens (tertiary/aromatic N) is 2. The minimum atomic E-state index is -0.243. The lowest BCUT2D eigenvalue weighted by molar-refractivity contribution is 0.105. The van der Waals surface area contributed by atoms with Crippen LogP contribution in [-0.4, -0.2) is 21.5 Å². The molecular weight excluding hydrogens is 248 g/mol. The first kappa shape index (κ1) is 11.2. The quantitative estimate of drug-likeness (QED) is 0.825. The maximum atomic E-state index is 11.3. The van der Waals surface area contributed by atoms with E-state index in [-0.39, 0.29) is 11.0 Å². The molecule has 1 heterocycles. The third-order valence-electron chi connectivity index (χ3n) is 1.89. The highest BCUT2D eigenvalue weighted by molar-refractivity contribution is 8.13. The van der Waals surface area contributed by atoms with Gasteiger partial charge in [0.1, 0.15) is 0 Å². The molecule has 0 aliphatic rings. The van der Waals surface area contributed by atoms with Crippen molar-refractivity contribution >= 4 is 28.5 Å². The number of carbonyl (C=O) groups is 1. The van der Waals surface area contributed by atoms with Crippen LogP contribution in [0.25, 0.3) is 11.4 Å². The summed E-state index contributed by atoms with van der Waals surface area (Å²) in [5, 5.41) is 4.11. The normalized spacial score (nSPS) is 10.4. The third-order valence-corrected chi connectivity index (χ3v) is 2.69. The first-order valence-electron chi connectivity index (χ1n) is 4.38. The average Bonchev–Trinajstić information content (AvgIpc) is 2.78. The number of carbonyl (C=O) groups excluding carboxylic acids is 1. The Morgan fingerprint density at radius 3 is 2.69 bits per heavy atom. The Bertz CT molecular complexity index is 510. The van der Waals surface area contributed by atoms with Gasteiger partial charge in [-0.25, -0.2) is 0 Å². The fourth-order valence-corrected chi connectivity index (χ4v) is 1.49. The molecule has 6 heteroatoms. The van der Waals surface area contributed by atoms with Crippen LogP contribution in [0.4, 0.5) is 0 Å². The molecule has 2 rings (SSSR count). The highest BCUT2D eigenvalue weighted by Gasteiger charge is 2.14. The summed E-state index contributed by atoms with van der Waals surface area (Å²) < 4.78 is 4.84. The summed E-state index contributed by atoms with van der Waals surface area (Å²) in [5.74, 6) is 0.395. The first-order chi connectivity index (χ1) is 7.70. The molecule has 82 valence electrons. The van der Waals surface area contributed by atoms with Crippen molar-refractivity contribution < 1.29 is 9.32 Å². The Labute approximate surface area is 101 Å². The minimum Gasteiger partial charge on any atom is -0.329 e. The van der Waals surface area contributed by atoms with Crippen molar-refractivity contribution in [2.75, 3.05) is 6.26 Å². The molecule has 0 saturated heterocycles. The summed E-state index contributed by atoms with van der Waals surface area (Å²) in [6.07, 6.45) is 1.66. The van der Waals surface area contributed by atoms with Crippen molar-refractivity contribution in [1.82, 2.24) is 10.1 Å². The van der Waals surface area contributed by atoms with Crippen LogP contribution in [0.15, 0.2) is 28.8 Å². The van der Waals surface area contributed by atoms with Gasteiger partial charge in [-0.2, -0.15) is 4.98 Å². The number of rotatable bonds is 2. The maximum Gasteiger partial charge on any atom is 0.305 e. The molecule has 0 aliphatic heterocycles. The number of thioether (sulfide) groups is 1. The van der Waals surface area contributed by atoms with E-state index in [4.69, 9.17) is 16.1 Å². The van der Waals surface area contributed by atoms with Crippen molar-refractivity contribution in [2.45, 2.75) is 0 Å². The lowest BCUT2D eigenvalue weighted by Gasteiger charge is -1.92. The second kappa shape index (κ2) is 4.67. The van der Waals surface area contributed by atoms with Crippen molar-refractivity contribution in [3.05, 3.63) is 35.2 Å². The molecule has 16 heavy (non-hydrogen) atoms. The van der Waals surface area contributed by atoms with E-state index in [1.54, 1.807) is 30.5 Å². The second-order valence-corrected chi connectivity index (χ2v) is 4.14. The van der Waals surface area contributed by atoms with Gasteiger partial charge in [0.25, 0.3) is 5.12 Å². The summed E-state index contributed by atoms with van der Waals surface area (Å²) in [7, 11) is 0. The Hall–Kier alpha value is -1.33. The van der Waals surface area contributed by atoms with Gasteiger partial charge in [0, 0.05) is 10.6 Å². The molecule has 0 unspecified atom stereocenters. The zero-order valence-corrected chi connectivity index (χ0v) is 9.88. The number of benzene rings is 1. The van der Waals surface area contributed by atoms with E-state index in [0.29, 0.717) is 10.8 Å². The first-order valence-corrected chi connectivity index (χ1v) is 5.99. The number of hydrogen-bond donors (Lipinski definition) is 0. The molecule has 0 saturated carbocycles. The van der Waals surface area contributed by atoms with Gasteiger partial charge in [-0.05, 0) is 30.5 Å². The molecule has 1 aromatic carbocycles. The Morgan fingerprint density at radius 1 is 1.38 bits per heavy atom. The summed E-state index contributed by atoms with van der Waals surface area (Å²) >= 11 is 6.79. The van der Waals surface area contributed by atoms with Crippen LogP contribution in [0, 0.1) is 0 Å². The standard InChI is InChI=1S/C10H7ClN2O2S/c1-16-10(14)9-12-8(13-15-9)6-2-4-7(11)5-3-6/h2-5H,1H3. The van der Waals surface area contributed by atoms with E-state index in [9.17, 15) is 4.79 Å². The second-order valence-electron chi connectivity index (χ2n) is 2.92. The highest BCUT2D eigenvalue weighted by Crippen LogP contribution is 2.19.